The summed E-state index contributed by atoms with van der Waals surface area (Å²) in [6.45, 7) is 6.95. The zero-order chi connectivity index (χ0) is 25.3. The first-order valence-corrected chi connectivity index (χ1v) is 11.7. The molecule has 1 unspecified atom stereocenters. The van der Waals surface area contributed by atoms with E-state index in [4.69, 9.17) is 0 Å². The van der Waals surface area contributed by atoms with E-state index in [1.165, 1.54) is 12.8 Å². The van der Waals surface area contributed by atoms with Crippen LogP contribution < -0.4 is 5.32 Å². The molecule has 0 amide bonds. The average molecular weight is 502 g/mol. The lowest BCUT2D eigenvalue weighted by molar-refractivity contribution is -0.376. The Morgan fingerprint density at radius 1 is 0.771 bits per heavy atom. The highest BCUT2D eigenvalue weighted by Crippen LogP contribution is 2.50. The summed E-state index contributed by atoms with van der Waals surface area (Å²) >= 11 is 0. The van der Waals surface area contributed by atoms with Crippen molar-refractivity contribution < 1.29 is 31.4 Å². The number of aliphatic hydroxyl groups is 1. The van der Waals surface area contributed by atoms with E-state index in [-0.39, 0.29) is 0 Å². The van der Waals surface area contributed by atoms with Crippen molar-refractivity contribution in [2.75, 3.05) is 39.3 Å². The monoisotopic (exact) mass is 501 g/mol. The zero-order valence-electron chi connectivity index (χ0n) is 19.2. The molecule has 2 aliphatic rings. The van der Waals surface area contributed by atoms with E-state index in [1.807, 2.05) is 12.1 Å². The molecule has 0 aromatic heterocycles. The Kier molecular flexibility index (Phi) is 7.47. The summed E-state index contributed by atoms with van der Waals surface area (Å²) in [6, 6.07) is 11.7. The number of halogens is 6. The normalized spacial score (nSPS) is 20.9. The van der Waals surface area contributed by atoms with Gasteiger partial charge in [0.1, 0.15) is 0 Å². The Labute approximate surface area is 200 Å². The minimum absolute atomic E-state index is 0.459. The van der Waals surface area contributed by atoms with E-state index in [2.05, 4.69) is 15.1 Å². The second-order valence-corrected chi connectivity index (χ2v) is 9.35. The van der Waals surface area contributed by atoms with Gasteiger partial charge in [0.05, 0.1) is 0 Å². The van der Waals surface area contributed by atoms with E-state index >= 15 is 0 Å². The van der Waals surface area contributed by atoms with Crippen LogP contribution in [0, 0.1) is 0 Å². The second-order valence-electron chi connectivity index (χ2n) is 9.35. The predicted molar refractivity (Wildman–Crippen MR) is 121 cm³/mol. The first-order chi connectivity index (χ1) is 16.5. The van der Waals surface area contributed by atoms with Crippen molar-refractivity contribution >= 4 is 0 Å². The molecule has 0 spiro atoms. The summed E-state index contributed by atoms with van der Waals surface area (Å²) in [7, 11) is 0. The fourth-order valence-electron chi connectivity index (χ4n) is 4.81. The molecule has 0 radical (unpaired) electrons. The Hall–Kier alpha value is -2.14. The van der Waals surface area contributed by atoms with E-state index in [1.54, 1.807) is 12.1 Å². The number of piperazine rings is 1. The molecular formula is C25H29F6N3O. The molecule has 2 aromatic carbocycles. The first-order valence-electron chi connectivity index (χ1n) is 11.7. The van der Waals surface area contributed by atoms with Gasteiger partial charge in [0, 0.05) is 50.9 Å². The summed E-state index contributed by atoms with van der Waals surface area (Å²) in [5.74, 6) is 0. The largest absolute Gasteiger partial charge is 0.430 e. The maximum atomic E-state index is 13.1. The Balaban J connectivity index is 1.36. The molecule has 2 heterocycles. The quantitative estimate of drug-likeness (QED) is 0.571. The lowest BCUT2D eigenvalue weighted by Crippen LogP contribution is -2.53. The van der Waals surface area contributed by atoms with E-state index in [0.29, 0.717) is 29.3 Å². The van der Waals surface area contributed by atoms with Crippen molar-refractivity contribution in [2.24, 2.45) is 0 Å². The number of hydrogen-bond donors (Lipinski definition) is 2. The first kappa shape index (κ1) is 25.9. The third-order valence-corrected chi connectivity index (χ3v) is 6.92. The van der Waals surface area contributed by atoms with Crippen LogP contribution in [0.1, 0.15) is 24.0 Å². The molecule has 0 bridgehead atoms. The SMILES string of the molecule is OC(c1ccc(-c2ccc(CN3CCN(CC4CCCN4)CC3)cc2)cc1)(C(F)(F)F)C(F)(F)F. The fraction of sp³-hybridized carbons (Fsp3) is 0.520. The van der Waals surface area contributed by atoms with Crippen LogP contribution in [-0.2, 0) is 12.1 Å². The Morgan fingerprint density at radius 3 is 1.77 bits per heavy atom. The molecule has 0 aliphatic carbocycles. The maximum absolute atomic E-state index is 13.1. The van der Waals surface area contributed by atoms with E-state index in [0.717, 1.165) is 63.5 Å². The molecule has 2 aromatic rings. The van der Waals surface area contributed by atoms with Crippen LogP contribution in [0.25, 0.3) is 11.1 Å². The Bertz CT molecular complexity index is 947. The van der Waals surface area contributed by atoms with Gasteiger partial charge < -0.3 is 10.4 Å². The van der Waals surface area contributed by atoms with Crippen LogP contribution in [0.15, 0.2) is 48.5 Å². The number of rotatable bonds is 6. The number of alkyl halides is 6. The zero-order valence-corrected chi connectivity index (χ0v) is 19.2. The van der Waals surface area contributed by atoms with Gasteiger partial charge in [-0.1, -0.05) is 48.5 Å². The number of hydrogen-bond acceptors (Lipinski definition) is 4. The van der Waals surface area contributed by atoms with Crippen molar-refractivity contribution in [1.29, 1.82) is 0 Å². The van der Waals surface area contributed by atoms with E-state index < -0.39 is 23.5 Å². The molecule has 1 atom stereocenters. The molecule has 2 fully saturated rings. The number of benzene rings is 2. The van der Waals surface area contributed by atoms with Crippen molar-refractivity contribution in [1.82, 2.24) is 15.1 Å². The van der Waals surface area contributed by atoms with Gasteiger partial charge >= 0.3 is 12.4 Å². The minimum Gasteiger partial charge on any atom is -0.369 e. The summed E-state index contributed by atoms with van der Waals surface area (Å²) in [5, 5.41) is 13.1. The molecule has 4 rings (SSSR count). The summed E-state index contributed by atoms with van der Waals surface area (Å²) < 4.78 is 78.5. The molecule has 2 N–H and O–H groups in total. The minimum atomic E-state index is -5.90. The van der Waals surface area contributed by atoms with Crippen molar-refractivity contribution in [3.05, 3.63) is 59.7 Å². The second kappa shape index (κ2) is 10.1. The van der Waals surface area contributed by atoms with Crippen LogP contribution in [0.2, 0.25) is 0 Å². The lowest BCUT2D eigenvalue weighted by atomic mass is 9.90. The highest BCUT2D eigenvalue weighted by atomic mass is 19.4. The third kappa shape index (κ3) is 5.66. The van der Waals surface area contributed by atoms with Crippen molar-refractivity contribution in [3.63, 3.8) is 0 Å². The molecule has 4 nitrogen and oxygen atoms in total. The standard InChI is InChI=1S/C25H29F6N3O/c26-24(27,28)23(35,25(29,30)31)21-9-7-20(8-10-21)19-5-3-18(4-6-19)16-33-12-14-34(15-13-33)17-22-2-1-11-32-22/h3-10,22,32,35H,1-2,11-17H2. The number of nitrogens with zero attached hydrogens (tertiary/aromatic N) is 2. The molecule has 2 aliphatic heterocycles. The smallest absolute Gasteiger partial charge is 0.369 e. The molecular weight excluding hydrogens is 472 g/mol. The van der Waals surface area contributed by atoms with Gasteiger partial charge in [-0.25, -0.2) is 0 Å². The average Bonchev–Trinajstić information content (AvgIpc) is 3.32. The molecule has 35 heavy (non-hydrogen) atoms. The van der Waals surface area contributed by atoms with Gasteiger partial charge in [0.15, 0.2) is 0 Å². The van der Waals surface area contributed by atoms with Crippen LogP contribution in [0.4, 0.5) is 26.3 Å². The van der Waals surface area contributed by atoms with Gasteiger partial charge in [-0.2, -0.15) is 26.3 Å². The third-order valence-electron chi connectivity index (χ3n) is 6.92. The molecule has 192 valence electrons. The summed E-state index contributed by atoms with van der Waals surface area (Å²) in [5.41, 5.74) is -3.97. The molecule has 0 saturated carbocycles. The van der Waals surface area contributed by atoms with Gasteiger partial charge in [-0.3, -0.25) is 9.80 Å². The maximum Gasteiger partial charge on any atom is 0.430 e. The predicted octanol–water partition coefficient (Wildman–Crippen LogP) is 4.54. The highest BCUT2D eigenvalue weighted by molar-refractivity contribution is 5.64. The van der Waals surface area contributed by atoms with Gasteiger partial charge in [-0.15, -0.1) is 0 Å². The summed E-state index contributed by atoms with van der Waals surface area (Å²) in [4.78, 5) is 4.86. The van der Waals surface area contributed by atoms with E-state index in [9.17, 15) is 31.4 Å². The van der Waals surface area contributed by atoms with Gasteiger partial charge in [0.2, 0.25) is 0 Å². The van der Waals surface area contributed by atoms with Crippen LogP contribution in [-0.4, -0.2) is 72.6 Å². The van der Waals surface area contributed by atoms with Gasteiger partial charge in [0.25, 0.3) is 5.60 Å². The lowest BCUT2D eigenvalue weighted by Gasteiger charge is -2.36. The topological polar surface area (TPSA) is 38.7 Å². The van der Waals surface area contributed by atoms with Crippen molar-refractivity contribution in [2.45, 2.75) is 43.4 Å². The van der Waals surface area contributed by atoms with Crippen LogP contribution in [0.3, 0.4) is 0 Å². The van der Waals surface area contributed by atoms with Crippen LogP contribution >= 0.6 is 0 Å². The number of nitrogens with one attached hydrogen (secondary N) is 1. The molecule has 10 heteroatoms. The fourth-order valence-corrected chi connectivity index (χ4v) is 4.81. The van der Waals surface area contributed by atoms with Crippen LogP contribution in [0.5, 0.6) is 0 Å². The highest BCUT2D eigenvalue weighted by Gasteiger charge is 2.71. The van der Waals surface area contributed by atoms with Gasteiger partial charge in [-0.05, 0) is 36.1 Å². The molecule has 2 saturated heterocycles. The van der Waals surface area contributed by atoms with Crippen molar-refractivity contribution in [3.8, 4) is 11.1 Å². The summed E-state index contributed by atoms with van der Waals surface area (Å²) in [6.07, 6.45) is -9.31. The Morgan fingerprint density at radius 2 is 1.29 bits per heavy atom.